The van der Waals surface area contributed by atoms with Crippen molar-refractivity contribution < 1.29 is 4.79 Å². The molecule has 2 rings (SSSR count). The highest BCUT2D eigenvalue weighted by atomic mass is 16.2. The summed E-state index contributed by atoms with van der Waals surface area (Å²) >= 11 is 0. The van der Waals surface area contributed by atoms with E-state index >= 15 is 0 Å². The first kappa shape index (κ1) is 11.6. The molecule has 1 aromatic rings. The summed E-state index contributed by atoms with van der Waals surface area (Å²) in [5, 5.41) is 18.4. The van der Waals surface area contributed by atoms with Gasteiger partial charge in [-0.1, -0.05) is 0 Å². The molecule has 1 aliphatic rings. The van der Waals surface area contributed by atoms with Crippen molar-refractivity contribution in [3.8, 4) is 6.07 Å². The Morgan fingerprint density at radius 1 is 1.65 bits per heavy atom. The van der Waals surface area contributed by atoms with Crippen LogP contribution in [0.4, 0.5) is 0 Å². The average Bonchev–Trinajstić information content (AvgIpc) is 2.86. The van der Waals surface area contributed by atoms with Crippen LogP contribution in [0.3, 0.4) is 0 Å². The van der Waals surface area contributed by atoms with Gasteiger partial charge in [0.05, 0.1) is 6.07 Å². The van der Waals surface area contributed by atoms with Crippen LogP contribution in [0.1, 0.15) is 23.3 Å². The van der Waals surface area contributed by atoms with Crippen LogP contribution in [-0.2, 0) is 0 Å². The second kappa shape index (κ2) is 4.55. The van der Waals surface area contributed by atoms with Crippen LogP contribution in [0, 0.1) is 11.3 Å². The number of amides is 1. The highest BCUT2D eigenvalue weighted by Crippen LogP contribution is 2.21. The van der Waals surface area contributed by atoms with Crippen LogP contribution in [0.2, 0.25) is 0 Å². The molecule has 6 nitrogen and oxygen atoms in total. The van der Waals surface area contributed by atoms with Crippen molar-refractivity contribution in [3.63, 3.8) is 0 Å². The number of hydrogen-bond acceptors (Lipinski definition) is 4. The minimum Gasteiger partial charge on any atom is -0.332 e. The number of hydrogen-bond donors (Lipinski definition) is 2. The van der Waals surface area contributed by atoms with Crippen molar-refractivity contribution in [1.82, 2.24) is 20.4 Å². The van der Waals surface area contributed by atoms with Gasteiger partial charge in [-0.25, -0.2) is 0 Å². The van der Waals surface area contributed by atoms with Crippen LogP contribution < -0.4 is 5.32 Å². The Bertz CT molecular complexity index is 425. The SMILES string of the molecule is CN1CCC(C#N)(NC(=O)c2ccn[nH]2)CC1. The Morgan fingerprint density at radius 2 is 2.35 bits per heavy atom. The van der Waals surface area contributed by atoms with E-state index in [9.17, 15) is 10.1 Å². The molecule has 0 bridgehead atoms. The average molecular weight is 233 g/mol. The quantitative estimate of drug-likeness (QED) is 0.760. The molecule has 1 fully saturated rings. The maximum atomic E-state index is 11.9. The van der Waals surface area contributed by atoms with Crippen molar-refractivity contribution in [3.05, 3.63) is 18.0 Å². The van der Waals surface area contributed by atoms with Crippen LogP contribution in [0.15, 0.2) is 12.3 Å². The van der Waals surface area contributed by atoms with Gasteiger partial charge in [-0.3, -0.25) is 9.89 Å². The van der Waals surface area contributed by atoms with Crippen molar-refractivity contribution >= 4 is 5.91 Å². The lowest BCUT2D eigenvalue weighted by molar-refractivity contribution is 0.0877. The lowest BCUT2D eigenvalue weighted by atomic mass is 9.89. The molecule has 1 aromatic heterocycles. The number of piperidine rings is 1. The first-order valence-electron chi connectivity index (χ1n) is 5.57. The third-order valence-corrected chi connectivity index (χ3v) is 3.15. The molecule has 0 radical (unpaired) electrons. The minimum absolute atomic E-state index is 0.270. The van der Waals surface area contributed by atoms with E-state index in [0.29, 0.717) is 18.5 Å². The first-order chi connectivity index (χ1) is 8.15. The van der Waals surface area contributed by atoms with Gasteiger partial charge >= 0.3 is 0 Å². The van der Waals surface area contributed by atoms with Gasteiger partial charge in [-0.2, -0.15) is 10.4 Å². The fraction of sp³-hybridized carbons (Fsp3) is 0.545. The minimum atomic E-state index is -0.741. The molecule has 0 aliphatic carbocycles. The van der Waals surface area contributed by atoms with Gasteiger partial charge in [-0.05, 0) is 26.0 Å². The normalized spacial score (nSPS) is 19.5. The first-order valence-corrected chi connectivity index (χ1v) is 5.57. The van der Waals surface area contributed by atoms with Gasteiger partial charge in [0.25, 0.3) is 5.91 Å². The summed E-state index contributed by atoms with van der Waals surface area (Å²) in [6, 6.07) is 3.83. The Labute approximate surface area is 99.6 Å². The zero-order valence-corrected chi connectivity index (χ0v) is 9.73. The topological polar surface area (TPSA) is 84.8 Å². The van der Waals surface area contributed by atoms with Gasteiger partial charge in [-0.15, -0.1) is 0 Å². The molecule has 0 spiro atoms. The number of aromatic nitrogens is 2. The lowest BCUT2D eigenvalue weighted by Crippen LogP contribution is -2.53. The maximum absolute atomic E-state index is 11.9. The summed E-state index contributed by atoms with van der Waals surface area (Å²) < 4.78 is 0. The number of likely N-dealkylation sites (tertiary alicyclic amines) is 1. The van der Waals surface area contributed by atoms with Crippen LogP contribution in [0.5, 0.6) is 0 Å². The lowest BCUT2D eigenvalue weighted by Gasteiger charge is -2.35. The molecule has 1 saturated heterocycles. The number of carbonyl (C=O) groups excluding carboxylic acids is 1. The second-order valence-electron chi connectivity index (χ2n) is 4.42. The summed E-state index contributed by atoms with van der Waals surface area (Å²) in [6.45, 7) is 1.63. The maximum Gasteiger partial charge on any atom is 0.270 e. The third-order valence-electron chi connectivity index (χ3n) is 3.15. The van der Waals surface area contributed by atoms with E-state index < -0.39 is 5.54 Å². The predicted molar refractivity (Wildman–Crippen MR) is 61.1 cm³/mol. The van der Waals surface area contributed by atoms with Crippen molar-refractivity contribution in [2.45, 2.75) is 18.4 Å². The Balaban J connectivity index is 2.06. The number of H-pyrrole nitrogens is 1. The molecule has 6 heteroatoms. The zero-order valence-electron chi connectivity index (χ0n) is 9.73. The number of aromatic amines is 1. The Hall–Kier alpha value is -1.87. The number of carbonyl (C=O) groups is 1. The van der Waals surface area contributed by atoms with Gasteiger partial charge in [0, 0.05) is 19.3 Å². The summed E-state index contributed by atoms with van der Waals surface area (Å²) in [7, 11) is 2.01. The summed E-state index contributed by atoms with van der Waals surface area (Å²) in [5.41, 5.74) is -0.354. The molecule has 17 heavy (non-hydrogen) atoms. The molecular formula is C11H15N5O. The molecule has 0 saturated carbocycles. The van der Waals surface area contributed by atoms with Crippen LogP contribution in [0.25, 0.3) is 0 Å². The molecule has 1 aliphatic heterocycles. The van der Waals surface area contributed by atoms with E-state index in [2.05, 4.69) is 26.5 Å². The summed E-state index contributed by atoms with van der Waals surface area (Å²) in [5.74, 6) is -0.270. The molecule has 0 unspecified atom stereocenters. The van der Waals surface area contributed by atoms with E-state index in [1.807, 2.05) is 7.05 Å². The molecule has 1 amide bonds. The van der Waals surface area contributed by atoms with Gasteiger partial charge < -0.3 is 10.2 Å². The van der Waals surface area contributed by atoms with E-state index in [0.717, 1.165) is 13.1 Å². The van der Waals surface area contributed by atoms with Gasteiger partial charge in [0.2, 0.25) is 0 Å². The van der Waals surface area contributed by atoms with Crippen molar-refractivity contribution in [2.75, 3.05) is 20.1 Å². The zero-order chi connectivity index (χ0) is 12.3. The summed E-state index contributed by atoms with van der Waals surface area (Å²) in [6.07, 6.45) is 2.82. The summed E-state index contributed by atoms with van der Waals surface area (Å²) in [4.78, 5) is 14.0. The molecular weight excluding hydrogens is 218 g/mol. The van der Waals surface area contributed by atoms with Gasteiger partial charge in [0.15, 0.2) is 0 Å². The van der Waals surface area contributed by atoms with Crippen LogP contribution >= 0.6 is 0 Å². The smallest absolute Gasteiger partial charge is 0.270 e. The van der Waals surface area contributed by atoms with Crippen LogP contribution in [-0.4, -0.2) is 46.7 Å². The fourth-order valence-corrected chi connectivity index (χ4v) is 1.93. The van der Waals surface area contributed by atoms with E-state index in [-0.39, 0.29) is 5.91 Å². The highest BCUT2D eigenvalue weighted by molar-refractivity contribution is 5.92. The standard InChI is InChI=1S/C11H15N5O/c1-16-6-3-11(8-12,4-7-16)14-10(17)9-2-5-13-15-9/h2,5H,3-4,6-7H2,1H3,(H,13,15)(H,14,17). The monoisotopic (exact) mass is 233 g/mol. The van der Waals surface area contributed by atoms with Crippen molar-refractivity contribution in [1.29, 1.82) is 5.26 Å². The number of nitriles is 1. The predicted octanol–water partition coefficient (Wildman–Crippen LogP) is 0.127. The molecule has 2 heterocycles. The number of rotatable bonds is 2. The van der Waals surface area contributed by atoms with Gasteiger partial charge in [0.1, 0.15) is 11.2 Å². The largest absolute Gasteiger partial charge is 0.332 e. The highest BCUT2D eigenvalue weighted by Gasteiger charge is 2.35. The van der Waals surface area contributed by atoms with E-state index in [1.54, 1.807) is 6.07 Å². The number of nitrogens with one attached hydrogen (secondary N) is 2. The third kappa shape index (κ3) is 2.45. The van der Waals surface area contributed by atoms with E-state index in [4.69, 9.17) is 0 Å². The fourth-order valence-electron chi connectivity index (χ4n) is 1.93. The molecule has 0 aromatic carbocycles. The van der Waals surface area contributed by atoms with Crippen molar-refractivity contribution in [2.24, 2.45) is 0 Å². The number of nitrogens with zero attached hydrogens (tertiary/aromatic N) is 3. The second-order valence-corrected chi connectivity index (χ2v) is 4.42. The van der Waals surface area contributed by atoms with E-state index in [1.165, 1.54) is 6.20 Å². The molecule has 0 atom stereocenters. The molecule has 2 N–H and O–H groups in total. The Kier molecular flexibility index (Phi) is 3.11. The molecule has 90 valence electrons. The Morgan fingerprint density at radius 3 is 2.88 bits per heavy atom.